The lowest BCUT2D eigenvalue weighted by atomic mass is 9.99. The van der Waals surface area contributed by atoms with Gasteiger partial charge < -0.3 is 4.43 Å². The average molecular weight is 394 g/mol. The summed E-state index contributed by atoms with van der Waals surface area (Å²) in [6.45, 7) is 9.79. The van der Waals surface area contributed by atoms with Crippen molar-refractivity contribution < 1.29 is 8.82 Å². The van der Waals surface area contributed by atoms with Gasteiger partial charge in [-0.15, -0.1) is 0 Å². The van der Waals surface area contributed by atoms with Crippen LogP contribution in [0.5, 0.6) is 0 Å². The molecule has 0 aromatic carbocycles. The molecule has 0 spiro atoms. The van der Waals surface area contributed by atoms with Crippen molar-refractivity contribution in [2.45, 2.75) is 83.8 Å². The lowest BCUT2D eigenvalue weighted by Gasteiger charge is -2.34. The minimum Gasteiger partial charge on any atom is -0.410 e. The van der Waals surface area contributed by atoms with Crippen molar-refractivity contribution in [3.05, 3.63) is 28.0 Å². The van der Waals surface area contributed by atoms with Crippen LogP contribution in [-0.2, 0) is 4.43 Å². The molecule has 1 unspecified atom stereocenters. The van der Waals surface area contributed by atoms with Gasteiger partial charge in [0, 0.05) is 18.0 Å². The van der Waals surface area contributed by atoms with E-state index < -0.39 is 14.0 Å². The average Bonchev–Trinajstić information content (AvgIpc) is 2.51. The predicted octanol–water partition coefficient (Wildman–Crippen LogP) is 7.37. The van der Waals surface area contributed by atoms with Crippen molar-refractivity contribution in [2.24, 2.45) is 0 Å². The van der Waals surface area contributed by atoms with Crippen molar-refractivity contribution >= 4 is 31.5 Å². The third-order valence-corrected chi connectivity index (χ3v) is 10.0. The Morgan fingerprint density at radius 3 is 2.04 bits per heavy atom. The number of halogens is 3. The number of pyridine rings is 1. The molecule has 0 aliphatic carbocycles. The van der Waals surface area contributed by atoms with Gasteiger partial charge in [0.25, 0.3) is 0 Å². The lowest BCUT2D eigenvalue weighted by Crippen LogP contribution is -2.37. The fraction of sp³-hybridized carbons (Fsp3) is 0.722. The molecule has 1 atom stereocenters. The Kier molecular flexibility index (Phi) is 8.67. The summed E-state index contributed by atoms with van der Waals surface area (Å²) in [6, 6.07) is 3.14. The second-order valence-corrected chi connectivity index (χ2v) is 12.5. The fourth-order valence-corrected chi connectivity index (χ4v) is 6.45. The molecule has 0 fully saturated rings. The first-order valence-corrected chi connectivity index (χ1v) is 12.1. The minimum absolute atomic E-state index is 0.193. The second kappa shape index (κ2) is 9.51. The molecule has 0 aliphatic heterocycles. The number of aromatic nitrogens is 1. The number of hydrogen-bond acceptors (Lipinski definition) is 2. The Labute approximate surface area is 157 Å². The van der Waals surface area contributed by atoms with Crippen LogP contribution in [0.25, 0.3) is 0 Å². The summed E-state index contributed by atoms with van der Waals surface area (Å²) in [6.07, 6.45) is 4.95. The summed E-state index contributed by atoms with van der Waals surface area (Å²) in [7, 11) is -1.84. The highest BCUT2D eigenvalue weighted by Gasteiger charge is 2.34. The SMILES string of the molecule is CC[Si](CC)(CC)OC(CCCC(C)(C)F)c1c(Cl)cncc1Cl. The molecule has 0 amide bonds. The zero-order chi connectivity index (χ0) is 18.4. The van der Waals surface area contributed by atoms with Gasteiger partial charge in [-0.1, -0.05) is 44.0 Å². The molecule has 24 heavy (non-hydrogen) atoms. The van der Waals surface area contributed by atoms with E-state index in [1.54, 1.807) is 26.2 Å². The van der Waals surface area contributed by atoms with Crippen LogP contribution < -0.4 is 0 Å². The maximum absolute atomic E-state index is 13.8. The maximum Gasteiger partial charge on any atom is 0.192 e. The van der Waals surface area contributed by atoms with Crippen LogP contribution in [0.4, 0.5) is 4.39 Å². The third-order valence-electron chi connectivity index (χ3n) is 4.78. The van der Waals surface area contributed by atoms with E-state index in [0.29, 0.717) is 22.9 Å². The van der Waals surface area contributed by atoms with Crippen molar-refractivity contribution in [1.82, 2.24) is 4.98 Å². The Morgan fingerprint density at radius 1 is 1.12 bits per heavy atom. The molecular weight excluding hydrogens is 364 g/mol. The molecule has 6 heteroatoms. The number of hydrogen-bond donors (Lipinski definition) is 0. The van der Waals surface area contributed by atoms with E-state index in [-0.39, 0.29) is 6.10 Å². The zero-order valence-electron chi connectivity index (χ0n) is 15.5. The summed E-state index contributed by atoms with van der Waals surface area (Å²) in [5.74, 6) is 0. The van der Waals surface area contributed by atoms with Crippen molar-refractivity contribution in [3.63, 3.8) is 0 Å². The van der Waals surface area contributed by atoms with Gasteiger partial charge in [0.1, 0.15) is 5.67 Å². The van der Waals surface area contributed by atoms with Crippen LogP contribution in [0.3, 0.4) is 0 Å². The summed E-state index contributed by atoms with van der Waals surface area (Å²) in [4.78, 5) is 4.04. The normalized spacial score (nSPS) is 14.0. The third kappa shape index (κ3) is 6.29. The molecule has 0 saturated heterocycles. The largest absolute Gasteiger partial charge is 0.410 e. The molecule has 0 radical (unpaired) electrons. The van der Waals surface area contributed by atoms with Gasteiger partial charge in [-0.3, -0.25) is 4.98 Å². The first kappa shape index (κ1) is 21.9. The molecule has 0 saturated carbocycles. The highest BCUT2D eigenvalue weighted by atomic mass is 35.5. The van der Waals surface area contributed by atoms with Gasteiger partial charge in [0.15, 0.2) is 8.32 Å². The molecule has 1 heterocycles. The summed E-state index contributed by atoms with van der Waals surface area (Å²) < 4.78 is 20.5. The molecule has 1 aromatic heterocycles. The van der Waals surface area contributed by atoms with Crippen molar-refractivity contribution in [1.29, 1.82) is 0 Å². The summed E-state index contributed by atoms with van der Waals surface area (Å²) >= 11 is 12.7. The fourth-order valence-electron chi connectivity index (χ4n) is 3.00. The number of rotatable bonds is 10. The van der Waals surface area contributed by atoms with Gasteiger partial charge in [-0.2, -0.15) is 0 Å². The van der Waals surface area contributed by atoms with E-state index in [0.717, 1.165) is 30.1 Å². The van der Waals surface area contributed by atoms with Crippen LogP contribution in [0.1, 0.15) is 65.5 Å². The van der Waals surface area contributed by atoms with Crippen molar-refractivity contribution in [2.75, 3.05) is 0 Å². The van der Waals surface area contributed by atoms with Gasteiger partial charge in [0.05, 0.1) is 16.1 Å². The van der Waals surface area contributed by atoms with Gasteiger partial charge in [-0.25, -0.2) is 4.39 Å². The zero-order valence-corrected chi connectivity index (χ0v) is 18.0. The first-order chi connectivity index (χ1) is 11.2. The molecule has 1 rings (SSSR count). The van der Waals surface area contributed by atoms with E-state index in [9.17, 15) is 4.39 Å². The molecule has 1 aromatic rings. The van der Waals surface area contributed by atoms with E-state index in [1.807, 2.05) is 0 Å². The minimum atomic E-state index is -1.84. The first-order valence-electron chi connectivity index (χ1n) is 8.83. The lowest BCUT2D eigenvalue weighted by molar-refractivity contribution is 0.152. The van der Waals surface area contributed by atoms with E-state index in [1.165, 1.54) is 0 Å². The Balaban J connectivity index is 3.07. The van der Waals surface area contributed by atoms with Crippen LogP contribution in [-0.4, -0.2) is 19.0 Å². The molecular formula is C18H30Cl2FNOSi. The Hall–Kier alpha value is -0.163. The van der Waals surface area contributed by atoms with Crippen LogP contribution in [0, 0.1) is 0 Å². The molecule has 0 aliphatic rings. The molecule has 138 valence electrons. The molecule has 0 bridgehead atoms. The second-order valence-electron chi connectivity index (χ2n) is 6.98. The van der Waals surface area contributed by atoms with E-state index in [4.69, 9.17) is 27.6 Å². The quantitative estimate of drug-likeness (QED) is 0.387. The Bertz CT molecular complexity index is 490. The topological polar surface area (TPSA) is 22.1 Å². The summed E-state index contributed by atoms with van der Waals surface area (Å²) in [5.41, 5.74) is -0.372. The highest BCUT2D eigenvalue weighted by Crippen LogP contribution is 2.39. The van der Waals surface area contributed by atoms with Crippen LogP contribution in [0.2, 0.25) is 28.2 Å². The Morgan fingerprint density at radius 2 is 1.62 bits per heavy atom. The highest BCUT2D eigenvalue weighted by molar-refractivity contribution is 6.73. The van der Waals surface area contributed by atoms with Gasteiger partial charge in [-0.05, 0) is 51.2 Å². The van der Waals surface area contributed by atoms with Crippen LogP contribution in [0.15, 0.2) is 12.4 Å². The number of nitrogens with zero attached hydrogens (tertiary/aromatic N) is 1. The monoisotopic (exact) mass is 393 g/mol. The van der Waals surface area contributed by atoms with E-state index >= 15 is 0 Å². The van der Waals surface area contributed by atoms with Gasteiger partial charge >= 0.3 is 0 Å². The standard InChI is InChI=1S/C18H30Cl2FNOSi/c1-6-24(7-2,8-3)23-16(10-9-11-18(4,5)21)17-14(19)12-22-13-15(17)20/h12-13,16H,6-11H2,1-5H3. The molecule has 0 N–H and O–H groups in total. The van der Waals surface area contributed by atoms with Crippen LogP contribution >= 0.6 is 23.2 Å². The van der Waals surface area contributed by atoms with E-state index in [2.05, 4.69) is 25.8 Å². The summed E-state index contributed by atoms with van der Waals surface area (Å²) in [5, 5.41) is 1.05. The number of alkyl halides is 1. The maximum atomic E-state index is 13.8. The molecule has 2 nitrogen and oxygen atoms in total. The van der Waals surface area contributed by atoms with Crippen molar-refractivity contribution in [3.8, 4) is 0 Å². The van der Waals surface area contributed by atoms with Gasteiger partial charge in [0.2, 0.25) is 0 Å². The predicted molar refractivity (Wildman–Crippen MR) is 104 cm³/mol. The smallest absolute Gasteiger partial charge is 0.192 e.